The normalized spacial score (nSPS) is 17.7. The number of carbonyl (C=O) groups excluding carboxylic acids is 2. The number of ether oxygens (including phenoxy) is 1. The summed E-state index contributed by atoms with van der Waals surface area (Å²) in [5.74, 6) is -0.0509. The van der Waals surface area contributed by atoms with Crippen LogP contribution in [0.5, 0.6) is 0 Å². The third-order valence-electron chi connectivity index (χ3n) is 4.16. The molecular formula is C16H17NO3. The maximum Gasteiger partial charge on any atom is 0.337 e. The molecule has 104 valence electrons. The quantitative estimate of drug-likeness (QED) is 0.736. The fourth-order valence-corrected chi connectivity index (χ4v) is 3.03. The van der Waals surface area contributed by atoms with Crippen molar-refractivity contribution in [1.29, 1.82) is 0 Å². The van der Waals surface area contributed by atoms with Crippen LogP contribution in [-0.4, -0.2) is 25.4 Å². The van der Waals surface area contributed by atoms with Crippen molar-refractivity contribution in [3.8, 4) is 0 Å². The Morgan fingerprint density at radius 2 is 2.05 bits per heavy atom. The molecule has 20 heavy (non-hydrogen) atoms. The van der Waals surface area contributed by atoms with Gasteiger partial charge < -0.3 is 9.64 Å². The van der Waals surface area contributed by atoms with E-state index in [1.807, 2.05) is 19.1 Å². The predicted octanol–water partition coefficient (Wildman–Crippen LogP) is 2.47. The highest BCUT2D eigenvalue weighted by Gasteiger charge is 2.29. The average Bonchev–Trinajstić information content (AvgIpc) is 2.49. The van der Waals surface area contributed by atoms with E-state index in [-0.39, 0.29) is 11.8 Å². The van der Waals surface area contributed by atoms with Gasteiger partial charge in [-0.3, -0.25) is 4.79 Å². The zero-order chi connectivity index (χ0) is 14.3. The van der Waals surface area contributed by atoms with Crippen LogP contribution in [0.4, 0.5) is 5.69 Å². The maximum atomic E-state index is 11.8. The van der Waals surface area contributed by atoms with E-state index >= 15 is 0 Å². The molecule has 0 amide bonds. The van der Waals surface area contributed by atoms with E-state index in [1.54, 1.807) is 6.07 Å². The molecule has 4 heteroatoms. The number of ketones is 1. The first-order valence-corrected chi connectivity index (χ1v) is 6.83. The molecule has 0 N–H and O–H groups in total. The number of Topliss-reactive ketones (excluding diaryl/α,β-unsaturated/α-hetero) is 1. The molecule has 3 rings (SSSR count). The SMILES string of the molecule is COC(=O)c1ccc2c(c1)CCC1=C(C)C(=O)CCN12. The number of nitrogens with zero attached hydrogens (tertiary/aromatic N) is 1. The Kier molecular flexibility index (Phi) is 3.08. The van der Waals surface area contributed by atoms with Crippen LogP contribution in [0, 0.1) is 0 Å². The molecule has 0 atom stereocenters. The lowest BCUT2D eigenvalue weighted by Gasteiger charge is -2.37. The van der Waals surface area contributed by atoms with Crippen LogP contribution in [0.25, 0.3) is 0 Å². The van der Waals surface area contributed by atoms with Gasteiger partial charge in [0.25, 0.3) is 0 Å². The van der Waals surface area contributed by atoms with Crippen LogP contribution in [0.1, 0.15) is 35.7 Å². The summed E-state index contributed by atoms with van der Waals surface area (Å²) in [6.45, 7) is 2.65. The first-order chi connectivity index (χ1) is 9.61. The monoisotopic (exact) mass is 271 g/mol. The summed E-state index contributed by atoms with van der Waals surface area (Å²) in [7, 11) is 1.39. The van der Waals surface area contributed by atoms with Crippen molar-refractivity contribution >= 4 is 17.4 Å². The predicted molar refractivity (Wildman–Crippen MR) is 75.8 cm³/mol. The molecule has 0 spiro atoms. The number of benzene rings is 1. The van der Waals surface area contributed by atoms with Crippen molar-refractivity contribution in [1.82, 2.24) is 0 Å². The highest BCUT2D eigenvalue weighted by molar-refractivity contribution is 5.98. The minimum Gasteiger partial charge on any atom is -0.465 e. The Hall–Kier alpha value is -2.10. The molecule has 0 saturated heterocycles. The molecule has 4 nitrogen and oxygen atoms in total. The Balaban J connectivity index is 2.03. The van der Waals surface area contributed by atoms with E-state index in [4.69, 9.17) is 4.74 Å². The highest BCUT2D eigenvalue weighted by atomic mass is 16.5. The lowest BCUT2D eigenvalue weighted by molar-refractivity contribution is -0.115. The second-order valence-corrected chi connectivity index (χ2v) is 5.23. The van der Waals surface area contributed by atoms with Gasteiger partial charge in [-0.05, 0) is 43.5 Å². The van der Waals surface area contributed by atoms with Crippen LogP contribution >= 0.6 is 0 Å². The van der Waals surface area contributed by atoms with Gasteiger partial charge in [-0.15, -0.1) is 0 Å². The zero-order valence-electron chi connectivity index (χ0n) is 11.7. The van der Waals surface area contributed by atoms with E-state index in [1.165, 1.54) is 7.11 Å². The smallest absolute Gasteiger partial charge is 0.337 e. The highest BCUT2D eigenvalue weighted by Crippen LogP contribution is 2.37. The van der Waals surface area contributed by atoms with Gasteiger partial charge in [0.1, 0.15) is 0 Å². The van der Waals surface area contributed by atoms with Crippen LogP contribution in [0.2, 0.25) is 0 Å². The average molecular weight is 271 g/mol. The summed E-state index contributed by atoms with van der Waals surface area (Å²) in [5, 5.41) is 0. The van der Waals surface area contributed by atoms with Gasteiger partial charge in [-0.1, -0.05) is 0 Å². The van der Waals surface area contributed by atoms with E-state index in [2.05, 4.69) is 4.90 Å². The third kappa shape index (κ3) is 1.92. The topological polar surface area (TPSA) is 46.6 Å². The van der Waals surface area contributed by atoms with Crippen LogP contribution in [0.15, 0.2) is 29.5 Å². The van der Waals surface area contributed by atoms with Gasteiger partial charge in [-0.2, -0.15) is 0 Å². The van der Waals surface area contributed by atoms with Gasteiger partial charge in [0.05, 0.1) is 12.7 Å². The number of allylic oxidation sites excluding steroid dienone is 2. The molecule has 1 aromatic carbocycles. The summed E-state index contributed by atoms with van der Waals surface area (Å²) >= 11 is 0. The van der Waals surface area contributed by atoms with Crippen molar-refractivity contribution < 1.29 is 14.3 Å². The second-order valence-electron chi connectivity index (χ2n) is 5.23. The second kappa shape index (κ2) is 4.78. The number of rotatable bonds is 1. The van der Waals surface area contributed by atoms with Crippen molar-refractivity contribution in [2.24, 2.45) is 0 Å². The van der Waals surface area contributed by atoms with Crippen molar-refractivity contribution in [3.63, 3.8) is 0 Å². The standard InChI is InChI=1S/C16H17NO3/c1-10-13-5-3-11-9-12(16(19)20-2)4-6-14(11)17(13)8-7-15(10)18/h4,6,9H,3,5,7-8H2,1-2H3. The van der Waals surface area contributed by atoms with Gasteiger partial charge in [0.2, 0.25) is 0 Å². The first-order valence-electron chi connectivity index (χ1n) is 6.83. The van der Waals surface area contributed by atoms with Gasteiger partial charge in [0, 0.05) is 29.9 Å². The molecular weight excluding hydrogens is 254 g/mol. The van der Waals surface area contributed by atoms with Crippen molar-refractivity contribution in [3.05, 3.63) is 40.6 Å². The van der Waals surface area contributed by atoms with Crippen molar-refractivity contribution in [2.75, 3.05) is 18.6 Å². The van der Waals surface area contributed by atoms with Crippen LogP contribution < -0.4 is 4.90 Å². The molecule has 0 aliphatic carbocycles. The Labute approximate surface area is 118 Å². The fraction of sp³-hybridized carbons (Fsp3) is 0.375. The Bertz CT molecular complexity index is 631. The fourth-order valence-electron chi connectivity index (χ4n) is 3.03. The first kappa shape index (κ1) is 12.9. The Morgan fingerprint density at radius 1 is 1.25 bits per heavy atom. The summed E-state index contributed by atoms with van der Waals surface area (Å²) < 4.78 is 4.76. The molecule has 0 unspecified atom stereocenters. The van der Waals surface area contributed by atoms with E-state index in [0.717, 1.165) is 41.9 Å². The number of aryl methyl sites for hydroxylation is 1. The number of carbonyl (C=O) groups is 2. The summed E-state index contributed by atoms with van der Waals surface area (Å²) in [5.41, 5.74) is 4.88. The molecule has 0 radical (unpaired) electrons. The van der Waals surface area contributed by atoms with E-state index in [9.17, 15) is 9.59 Å². The van der Waals surface area contributed by atoms with Gasteiger partial charge >= 0.3 is 5.97 Å². The minimum atomic E-state index is -0.306. The number of esters is 1. The maximum absolute atomic E-state index is 11.8. The van der Waals surface area contributed by atoms with Gasteiger partial charge in [0.15, 0.2) is 5.78 Å². The molecule has 0 aromatic heterocycles. The molecule has 0 fully saturated rings. The van der Waals surface area contributed by atoms with Crippen LogP contribution in [-0.2, 0) is 16.0 Å². The summed E-state index contributed by atoms with van der Waals surface area (Å²) in [6, 6.07) is 5.66. The lowest BCUT2D eigenvalue weighted by Crippen LogP contribution is -2.35. The molecule has 0 bridgehead atoms. The molecule has 2 heterocycles. The molecule has 2 aliphatic heterocycles. The van der Waals surface area contributed by atoms with E-state index in [0.29, 0.717) is 12.0 Å². The zero-order valence-corrected chi connectivity index (χ0v) is 11.7. The Morgan fingerprint density at radius 3 is 2.80 bits per heavy atom. The number of hydrogen-bond acceptors (Lipinski definition) is 4. The van der Waals surface area contributed by atoms with Crippen molar-refractivity contribution in [2.45, 2.75) is 26.2 Å². The minimum absolute atomic E-state index is 0.255. The molecule has 0 saturated carbocycles. The lowest BCUT2D eigenvalue weighted by atomic mass is 9.91. The number of methoxy groups -OCH3 is 1. The van der Waals surface area contributed by atoms with Gasteiger partial charge in [-0.25, -0.2) is 4.79 Å². The number of anilines is 1. The van der Waals surface area contributed by atoms with E-state index < -0.39 is 0 Å². The van der Waals surface area contributed by atoms with Crippen LogP contribution in [0.3, 0.4) is 0 Å². The largest absolute Gasteiger partial charge is 0.465 e. The third-order valence-corrected chi connectivity index (χ3v) is 4.16. The summed E-state index contributed by atoms with van der Waals surface area (Å²) in [6.07, 6.45) is 2.28. The number of fused-ring (bicyclic) bond motifs is 3. The molecule has 1 aromatic rings. The summed E-state index contributed by atoms with van der Waals surface area (Å²) in [4.78, 5) is 25.6. The molecule has 2 aliphatic rings. The number of hydrogen-bond donors (Lipinski definition) is 0.